The summed E-state index contributed by atoms with van der Waals surface area (Å²) >= 11 is 0. The van der Waals surface area contributed by atoms with E-state index in [0.29, 0.717) is 18.1 Å². The van der Waals surface area contributed by atoms with Crippen molar-refractivity contribution in [3.05, 3.63) is 54.0 Å². The molecule has 5 nitrogen and oxygen atoms in total. The fourth-order valence-electron chi connectivity index (χ4n) is 1.74. The molecule has 0 aromatic carbocycles. The minimum atomic E-state index is -0.394. The van der Waals surface area contributed by atoms with E-state index in [4.69, 9.17) is 4.74 Å². The quantitative estimate of drug-likeness (QED) is 0.596. The number of pyridine rings is 2. The van der Waals surface area contributed by atoms with Gasteiger partial charge in [-0.25, -0.2) is 9.78 Å². The van der Waals surface area contributed by atoms with Crippen molar-refractivity contribution >= 4 is 5.97 Å². The van der Waals surface area contributed by atoms with Gasteiger partial charge in [0.1, 0.15) is 0 Å². The molecule has 0 atom stereocenters. The monoisotopic (exact) mass is 272 g/mol. The molecule has 0 aliphatic rings. The molecule has 0 saturated heterocycles. The smallest absolute Gasteiger partial charge is 0.338 e. The van der Waals surface area contributed by atoms with E-state index in [1.54, 1.807) is 24.5 Å². The Kier molecular flexibility index (Phi) is 5.06. The van der Waals surface area contributed by atoms with E-state index in [0.717, 1.165) is 12.8 Å². The lowest BCUT2D eigenvalue weighted by molar-refractivity contribution is 0.0600. The van der Waals surface area contributed by atoms with Gasteiger partial charge in [0.05, 0.1) is 19.3 Å². The summed E-state index contributed by atoms with van der Waals surface area (Å²) in [6.45, 7) is 0.542. The Labute approximate surface area is 117 Å². The number of rotatable bonds is 6. The zero-order valence-electron chi connectivity index (χ0n) is 11.3. The topological polar surface area (TPSA) is 61.3 Å². The lowest BCUT2D eigenvalue weighted by atomic mass is 10.1. The summed E-state index contributed by atoms with van der Waals surface area (Å²) in [4.78, 5) is 19.4. The van der Waals surface area contributed by atoms with Gasteiger partial charge in [-0.1, -0.05) is 0 Å². The van der Waals surface area contributed by atoms with Gasteiger partial charge < -0.3 is 9.47 Å². The first-order valence-electron chi connectivity index (χ1n) is 6.35. The third-order valence-electron chi connectivity index (χ3n) is 2.77. The molecule has 104 valence electrons. The molecule has 0 spiro atoms. The van der Waals surface area contributed by atoms with Gasteiger partial charge in [0, 0.05) is 24.7 Å². The minimum Gasteiger partial charge on any atom is -0.478 e. The van der Waals surface area contributed by atoms with Crippen LogP contribution in [0.1, 0.15) is 22.3 Å². The van der Waals surface area contributed by atoms with E-state index in [-0.39, 0.29) is 0 Å². The van der Waals surface area contributed by atoms with Crippen LogP contribution in [0.15, 0.2) is 42.9 Å². The van der Waals surface area contributed by atoms with E-state index in [9.17, 15) is 4.79 Å². The molecule has 0 saturated carbocycles. The Morgan fingerprint density at radius 3 is 2.75 bits per heavy atom. The van der Waals surface area contributed by atoms with Crippen molar-refractivity contribution in [1.82, 2.24) is 9.97 Å². The van der Waals surface area contributed by atoms with E-state index in [2.05, 4.69) is 14.7 Å². The van der Waals surface area contributed by atoms with Crippen LogP contribution in [-0.2, 0) is 11.2 Å². The maximum absolute atomic E-state index is 11.4. The van der Waals surface area contributed by atoms with Crippen molar-refractivity contribution in [1.29, 1.82) is 0 Å². The molecule has 0 bridgehead atoms. The Bertz CT molecular complexity index is 558. The first-order chi connectivity index (χ1) is 9.79. The van der Waals surface area contributed by atoms with Gasteiger partial charge in [-0.2, -0.15) is 0 Å². The highest BCUT2D eigenvalue weighted by molar-refractivity contribution is 5.89. The van der Waals surface area contributed by atoms with Crippen molar-refractivity contribution in [2.24, 2.45) is 0 Å². The highest BCUT2D eigenvalue weighted by atomic mass is 16.5. The number of methoxy groups -OCH3 is 1. The predicted octanol–water partition coefficient (Wildman–Crippen LogP) is 2.27. The lowest BCUT2D eigenvalue weighted by Gasteiger charge is -2.06. The second-order valence-electron chi connectivity index (χ2n) is 4.18. The summed E-state index contributed by atoms with van der Waals surface area (Å²) < 4.78 is 10.2. The van der Waals surface area contributed by atoms with Crippen molar-refractivity contribution in [2.45, 2.75) is 12.8 Å². The van der Waals surface area contributed by atoms with Crippen LogP contribution in [0.4, 0.5) is 0 Å². The first kappa shape index (κ1) is 14.0. The fourth-order valence-corrected chi connectivity index (χ4v) is 1.74. The number of carbonyl (C=O) groups excluding carboxylic acids is 1. The summed E-state index contributed by atoms with van der Waals surface area (Å²) in [5, 5.41) is 0. The Morgan fingerprint density at radius 2 is 2.00 bits per heavy atom. The van der Waals surface area contributed by atoms with Crippen LogP contribution in [0.25, 0.3) is 0 Å². The van der Waals surface area contributed by atoms with Gasteiger partial charge in [-0.05, 0) is 36.6 Å². The fraction of sp³-hybridized carbons (Fsp3) is 0.267. The number of hydrogen-bond donors (Lipinski definition) is 0. The summed E-state index contributed by atoms with van der Waals surface area (Å²) in [5.41, 5.74) is 1.66. The van der Waals surface area contributed by atoms with Crippen LogP contribution < -0.4 is 4.74 Å². The Morgan fingerprint density at radius 1 is 1.20 bits per heavy atom. The molecular weight excluding hydrogens is 256 g/mol. The highest BCUT2D eigenvalue weighted by Gasteiger charge is 2.06. The molecule has 2 aromatic rings. The molecule has 0 N–H and O–H groups in total. The summed E-state index contributed by atoms with van der Waals surface area (Å²) in [6.07, 6.45) is 6.87. The van der Waals surface area contributed by atoms with E-state index in [1.807, 2.05) is 12.1 Å². The third-order valence-corrected chi connectivity index (χ3v) is 2.77. The number of aromatic nitrogens is 2. The van der Waals surface area contributed by atoms with Crippen molar-refractivity contribution in [2.75, 3.05) is 13.7 Å². The van der Waals surface area contributed by atoms with Crippen LogP contribution in [0.5, 0.6) is 5.88 Å². The van der Waals surface area contributed by atoms with Crippen molar-refractivity contribution in [3.63, 3.8) is 0 Å². The molecule has 0 unspecified atom stereocenters. The van der Waals surface area contributed by atoms with Crippen LogP contribution in [0, 0.1) is 0 Å². The first-order valence-corrected chi connectivity index (χ1v) is 6.35. The van der Waals surface area contributed by atoms with Gasteiger partial charge >= 0.3 is 5.97 Å². The van der Waals surface area contributed by atoms with Gasteiger partial charge in [-0.3, -0.25) is 4.98 Å². The highest BCUT2D eigenvalue weighted by Crippen LogP contribution is 2.11. The maximum atomic E-state index is 11.4. The number of esters is 1. The van der Waals surface area contributed by atoms with Crippen LogP contribution in [0.2, 0.25) is 0 Å². The largest absolute Gasteiger partial charge is 0.478 e. The van der Waals surface area contributed by atoms with Crippen LogP contribution in [0.3, 0.4) is 0 Å². The summed E-state index contributed by atoms with van der Waals surface area (Å²) in [7, 11) is 1.35. The van der Waals surface area contributed by atoms with Gasteiger partial charge in [0.25, 0.3) is 0 Å². The molecule has 0 fully saturated rings. The number of nitrogens with zero attached hydrogens (tertiary/aromatic N) is 2. The molecule has 0 radical (unpaired) electrons. The summed E-state index contributed by atoms with van der Waals surface area (Å²) in [5.74, 6) is 0.0386. The van der Waals surface area contributed by atoms with Crippen LogP contribution in [-0.4, -0.2) is 29.7 Å². The number of carbonyl (C=O) groups is 1. The number of aryl methyl sites for hydroxylation is 1. The zero-order valence-corrected chi connectivity index (χ0v) is 11.3. The molecule has 20 heavy (non-hydrogen) atoms. The average Bonchev–Trinajstić information content (AvgIpc) is 2.52. The number of hydrogen-bond acceptors (Lipinski definition) is 5. The van der Waals surface area contributed by atoms with Crippen LogP contribution >= 0.6 is 0 Å². The van der Waals surface area contributed by atoms with Crippen molar-refractivity contribution in [3.8, 4) is 5.88 Å². The third kappa shape index (κ3) is 4.05. The molecule has 0 aliphatic heterocycles. The van der Waals surface area contributed by atoms with Gasteiger partial charge in [0.2, 0.25) is 5.88 Å². The SMILES string of the molecule is COC(=O)c1ccnc(OCCCc2ccncc2)c1. The molecule has 5 heteroatoms. The van der Waals surface area contributed by atoms with E-state index >= 15 is 0 Å². The molecule has 2 aromatic heterocycles. The molecule has 0 aliphatic carbocycles. The van der Waals surface area contributed by atoms with Crippen molar-refractivity contribution < 1.29 is 14.3 Å². The second-order valence-corrected chi connectivity index (χ2v) is 4.18. The maximum Gasteiger partial charge on any atom is 0.338 e. The Balaban J connectivity index is 1.81. The van der Waals surface area contributed by atoms with E-state index in [1.165, 1.54) is 18.9 Å². The van der Waals surface area contributed by atoms with E-state index < -0.39 is 5.97 Å². The lowest BCUT2D eigenvalue weighted by Crippen LogP contribution is -2.04. The zero-order chi connectivity index (χ0) is 14.2. The molecule has 0 amide bonds. The number of ether oxygens (including phenoxy) is 2. The average molecular weight is 272 g/mol. The predicted molar refractivity (Wildman–Crippen MR) is 73.6 cm³/mol. The molecule has 2 heterocycles. The molecular formula is C15H16N2O3. The standard InChI is InChI=1S/C15H16N2O3/c1-19-15(18)13-6-9-17-14(11-13)20-10-2-3-12-4-7-16-8-5-12/h4-9,11H,2-3,10H2,1H3. The normalized spacial score (nSPS) is 10.1. The molecule has 2 rings (SSSR count). The van der Waals surface area contributed by atoms with Gasteiger partial charge in [-0.15, -0.1) is 0 Å². The second kappa shape index (κ2) is 7.23. The van der Waals surface area contributed by atoms with Gasteiger partial charge in [0.15, 0.2) is 0 Å². The minimum absolute atomic E-state index is 0.394. The summed E-state index contributed by atoms with van der Waals surface area (Å²) in [6, 6.07) is 7.14. The Hall–Kier alpha value is -2.43.